The van der Waals surface area contributed by atoms with Gasteiger partial charge in [0, 0.05) is 31.9 Å². The zero-order valence-corrected chi connectivity index (χ0v) is 21.1. The number of nitrogens with one attached hydrogen (secondary N) is 2. The number of aliphatic hydroxyl groups is 1. The maximum absolute atomic E-state index is 10.8. The predicted molar refractivity (Wildman–Crippen MR) is 134 cm³/mol. The highest BCUT2D eigenvalue weighted by atomic mass is 127. The fourth-order valence-corrected chi connectivity index (χ4v) is 3.36. The van der Waals surface area contributed by atoms with E-state index in [1.807, 2.05) is 26.2 Å². The molecule has 2 unspecified atom stereocenters. The molecule has 0 fully saturated rings. The molecule has 7 nitrogen and oxygen atoms in total. The van der Waals surface area contributed by atoms with E-state index in [1.54, 1.807) is 17.8 Å². The van der Waals surface area contributed by atoms with Crippen molar-refractivity contribution in [2.75, 3.05) is 32.7 Å². The average molecular weight is 528 g/mol. The third-order valence-corrected chi connectivity index (χ3v) is 5.12. The molecule has 0 saturated carbocycles. The van der Waals surface area contributed by atoms with Gasteiger partial charge in [-0.15, -0.1) is 24.0 Å². The minimum atomic E-state index is -1.08. The molecule has 0 saturated heterocycles. The largest absolute Gasteiger partial charge is 0.383 e. The maximum Gasteiger partial charge on any atom is 0.191 e. The molecule has 1 heterocycles. The summed E-state index contributed by atoms with van der Waals surface area (Å²) in [4.78, 5) is 7.06. The molecule has 8 heteroatoms. The summed E-state index contributed by atoms with van der Waals surface area (Å²) in [5.41, 5.74) is 0.959. The Labute approximate surface area is 198 Å². The van der Waals surface area contributed by atoms with Gasteiger partial charge in [0.15, 0.2) is 5.96 Å². The SMILES string of the molecule is CCNC(=NCC(C)(O)c1cnn(C)c1)NCC(c1ccccc1)N(CC)CC.I. The van der Waals surface area contributed by atoms with Gasteiger partial charge in [0.25, 0.3) is 0 Å². The van der Waals surface area contributed by atoms with Crippen LogP contribution >= 0.6 is 24.0 Å². The molecule has 0 bridgehead atoms. The second-order valence-electron chi connectivity index (χ2n) is 7.40. The lowest BCUT2D eigenvalue weighted by Gasteiger charge is -2.31. The number of nitrogens with zero attached hydrogens (tertiary/aromatic N) is 4. The van der Waals surface area contributed by atoms with Crippen LogP contribution in [0.1, 0.15) is 44.9 Å². The van der Waals surface area contributed by atoms with Crippen molar-refractivity contribution in [1.29, 1.82) is 0 Å². The molecule has 1 aromatic carbocycles. The standard InChI is InChI=1S/C22H36N6O.HI/c1-6-23-21(25-17-22(4,29)19-14-26-27(5)16-19)24-15-20(28(7-2)8-3)18-12-10-9-11-13-18;/h9-14,16,20,29H,6-8,15,17H2,1-5H3,(H2,23,24,25);1H. The smallest absolute Gasteiger partial charge is 0.191 e. The molecule has 0 radical (unpaired) electrons. The fourth-order valence-electron chi connectivity index (χ4n) is 3.36. The Morgan fingerprint density at radius 1 is 1.20 bits per heavy atom. The Morgan fingerprint density at radius 2 is 1.87 bits per heavy atom. The molecule has 1 aromatic heterocycles. The molecule has 0 aliphatic carbocycles. The number of aryl methyl sites for hydroxylation is 1. The first-order chi connectivity index (χ1) is 13.9. The number of guanidine groups is 1. The van der Waals surface area contributed by atoms with E-state index in [4.69, 9.17) is 0 Å². The van der Waals surface area contributed by atoms with E-state index in [0.29, 0.717) is 5.96 Å². The van der Waals surface area contributed by atoms with Crippen molar-refractivity contribution in [2.24, 2.45) is 12.0 Å². The molecule has 2 rings (SSSR count). The second-order valence-corrected chi connectivity index (χ2v) is 7.40. The summed E-state index contributed by atoms with van der Waals surface area (Å²) < 4.78 is 1.69. The van der Waals surface area contributed by atoms with Crippen LogP contribution in [0.3, 0.4) is 0 Å². The van der Waals surface area contributed by atoms with Gasteiger partial charge in [0.05, 0.1) is 18.8 Å². The summed E-state index contributed by atoms with van der Waals surface area (Å²) in [5.74, 6) is 0.699. The lowest BCUT2D eigenvalue weighted by Crippen LogP contribution is -2.44. The normalized spacial score (nSPS) is 14.7. The fraction of sp³-hybridized carbons (Fsp3) is 0.545. The Balaban J connectivity index is 0.00000450. The summed E-state index contributed by atoms with van der Waals surface area (Å²) in [6.45, 7) is 11.8. The molecular formula is C22H37IN6O. The summed E-state index contributed by atoms with van der Waals surface area (Å²) in [6, 6.07) is 10.8. The van der Waals surface area contributed by atoms with Crippen LogP contribution in [0.5, 0.6) is 0 Å². The van der Waals surface area contributed by atoms with E-state index in [1.165, 1.54) is 5.56 Å². The molecule has 3 N–H and O–H groups in total. The lowest BCUT2D eigenvalue weighted by molar-refractivity contribution is 0.0671. The van der Waals surface area contributed by atoms with Crippen LogP contribution in [0.4, 0.5) is 0 Å². The van der Waals surface area contributed by atoms with Crippen molar-refractivity contribution in [3.05, 3.63) is 53.9 Å². The first kappa shape index (κ1) is 26.4. The van der Waals surface area contributed by atoms with E-state index in [9.17, 15) is 5.11 Å². The molecule has 2 aromatic rings. The summed E-state index contributed by atoms with van der Waals surface area (Å²) in [7, 11) is 1.84. The van der Waals surface area contributed by atoms with Crippen LogP contribution in [0.2, 0.25) is 0 Å². The van der Waals surface area contributed by atoms with Crippen molar-refractivity contribution in [1.82, 2.24) is 25.3 Å². The van der Waals surface area contributed by atoms with Crippen LogP contribution in [0.15, 0.2) is 47.7 Å². The summed E-state index contributed by atoms with van der Waals surface area (Å²) in [6.07, 6.45) is 3.50. The molecule has 168 valence electrons. The molecular weight excluding hydrogens is 491 g/mol. The van der Waals surface area contributed by atoms with E-state index >= 15 is 0 Å². The minimum Gasteiger partial charge on any atom is -0.383 e. The summed E-state index contributed by atoms with van der Waals surface area (Å²) in [5, 5.41) is 21.7. The highest BCUT2D eigenvalue weighted by molar-refractivity contribution is 14.0. The van der Waals surface area contributed by atoms with Gasteiger partial charge in [0.1, 0.15) is 5.60 Å². The van der Waals surface area contributed by atoms with Crippen molar-refractivity contribution >= 4 is 29.9 Å². The van der Waals surface area contributed by atoms with Gasteiger partial charge in [0.2, 0.25) is 0 Å². The third-order valence-electron chi connectivity index (χ3n) is 5.12. The number of rotatable bonds is 10. The molecule has 2 atom stereocenters. The zero-order chi connectivity index (χ0) is 21.3. The van der Waals surface area contributed by atoms with Crippen LogP contribution in [-0.4, -0.2) is 58.5 Å². The Kier molecular flexibility index (Phi) is 11.4. The highest BCUT2D eigenvalue weighted by Gasteiger charge is 2.25. The Morgan fingerprint density at radius 3 is 2.40 bits per heavy atom. The van der Waals surface area contributed by atoms with Crippen molar-refractivity contribution in [2.45, 2.75) is 39.3 Å². The number of hydrogen-bond donors (Lipinski definition) is 3. The van der Waals surface area contributed by atoms with Crippen molar-refractivity contribution < 1.29 is 5.11 Å². The van der Waals surface area contributed by atoms with Crippen LogP contribution in [0, 0.1) is 0 Å². The number of aliphatic imine (C=N–C) groups is 1. The number of halogens is 1. The molecule has 0 spiro atoms. The minimum absolute atomic E-state index is 0. The highest BCUT2D eigenvalue weighted by Crippen LogP contribution is 2.21. The molecule has 0 aliphatic rings. The number of benzene rings is 1. The predicted octanol–water partition coefficient (Wildman–Crippen LogP) is 2.88. The van der Waals surface area contributed by atoms with Gasteiger partial charge in [-0.1, -0.05) is 44.2 Å². The first-order valence-electron chi connectivity index (χ1n) is 10.4. The van der Waals surface area contributed by atoms with Crippen LogP contribution < -0.4 is 10.6 Å². The van der Waals surface area contributed by atoms with E-state index in [0.717, 1.165) is 31.7 Å². The zero-order valence-electron chi connectivity index (χ0n) is 18.8. The Bertz CT molecular complexity index is 758. The lowest BCUT2D eigenvalue weighted by atomic mass is 10.0. The number of hydrogen-bond acceptors (Lipinski definition) is 4. The van der Waals surface area contributed by atoms with Gasteiger partial charge < -0.3 is 15.7 Å². The average Bonchev–Trinajstić information content (AvgIpc) is 3.17. The van der Waals surface area contributed by atoms with Gasteiger partial charge >= 0.3 is 0 Å². The number of aromatic nitrogens is 2. The third kappa shape index (κ3) is 7.55. The van der Waals surface area contributed by atoms with E-state index in [-0.39, 0.29) is 36.6 Å². The summed E-state index contributed by atoms with van der Waals surface area (Å²) >= 11 is 0. The quantitative estimate of drug-likeness (QED) is 0.251. The van der Waals surface area contributed by atoms with E-state index < -0.39 is 5.60 Å². The second kappa shape index (κ2) is 12.9. The van der Waals surface area contributed by atoms with Crippen LogP contribution in [-0.2, 0) is 12.6 Å². The topological polar surface area (TPSA) is 77.7 Å². The Hall–Kier alpha value is -1.65. The first-order valence-corrected chi connectivity index (χ1v) is 10.4. The maximum atomic E-state index is 10.8. The van der Waals surface area contributed by atoms with Gasteiger partial charge in [-0.05, 0) is 32.5 Å². The van der Waals surface area contributed by atoms with Gasteiger partial charge in [-0.3, -0.25) is 9.58 Å². The van der Waals surface area contributed by atoms with Crippen molar-refractivity contribution in [3.63, 3.8) is 0 Å². The molecule has 0 aliphatic heterocycles. The number of likely N-dealkylation sites (N-methyl/N-ethyl adjacent to an activating group) is 1. The van der Waals surface area contributed by atoms with E-state index in [2.05, 4.69) is 63.7 Å². The van der Waals surface area contributed by atoms with Gasteiger partial charge in [-0.2, -0.15) is 5.10 Å². The molecule has 30 heavy (non-hydrogen) atoms. The van der Waals surface area contributed by atoms with Crippen molar-refractivity contribution in [3.8, 4) is 0 Å². The van der Waals surface area contributed by atoms with Crippen LogP contribution in [0.25, 0.3) is 0 Å². The monoisotopic (exact) mass is 528 g/mol. The van der Waals surface area contributed by atoms with Gasteiger partial charge in [-0.25, -0.2) is 4.99 Å². The molecule has 0 amide bonds.